The SMILES string of the molecule is Cc1cc(C(=O)NNC(=O)c2nc(-c3ccco3)sc2C)c(C)o1. The molecule has 0 unspecified atom stereocenters. The molecule has 0 saturated heterocycles. The summed E-state index contributed by atoms with van der Waals surface area (Å²) in [7, 11) is 0. The van der Waals surface area contributed by atoms with Crippen LogP contribution in [-0.2, 0) is 0 Å². The number of nitrogens with zero attached hydrogens (tertiary/aromatic N) is 1. The summed E-state index contributed by atoms with van der Waals surface area (Å²) in [6.07, 6.45) is 1.54. The largest absolute Gasteiger partial charge is 0.466 e. The Morgan fingerprint density at radius 3 is 2.54 bits per heavy atom. The molecule has 0 radical (unpaired) electrons. The predicted molar refractivity (Wildman–Crippen MR) is 87.7 cm³/mol. The molecule has 0 bridgehead atoms. The monoisotopic (exact) mass is 345 g/mol. The zero-order valence-electron chi connectivity index (χ0n) is 13.3. The molecular weight excluding hydrogens is 330 g/mol. The maximum Gasteiger partial charge on any atom is 0.289 e. The van der Waals surface area contributed by atoms with Gasteiger partial charge < -0.3 is 8.83 Å². The Morgan fingerprint density at radius 2 is 1.92 bits per heavy atom. The van der Waals surface area contributed by atoms with Crippen molar-refractivity contribution in [2.24, 2.45) is 0 Å². The van der Waals surface area contributed by atoms with Gasteiger partial charge in [0, 0.05) is 4.88 Å². The molecule has 0 aliphatic rings. The van der Waals surface area contributed by atoms with Gasteiger partial charge in [0.15, 0.2) is 10.8 Å². The molecule has 0 fully saturated rings. The molecule has 0 aromatic carbocycles. The highest BCUT2D eigenvalue weighted by Gasteiger charge is 2.19. The first-order valence-corrected chi connectivity index (χ1v) is 7.96. The van der Waals surface area contributed by atoms with Gasteiger partial charge in [-0.05, 0) is 39.0 Å². The molecular formula is C16H15N3O4S. The fourth-order valence-electron chi connectivity index (χ4n) is 2.21. The third-order valence-electron chi connectivity index (χ3n) is 3.32. The number of rotatable bonds is 3. The Labute approximate surface area is 141 Å². The lowest BCUT2D eigenvalue weighted by atomic mass is 10.2. The van der Waals surface area contributed by atoms with Crippen LogP contribution in [0, 0.1) is 20.8 Å². The highest BCUT2D eigenvalue weighted by Crippen LogP contribution is 2.27. The molecule has 0 atom stereocenters. The molecule has 0 aliphatic heterocycles. The minimum atomic E-state index is -0.493. The Morgan fingerprint density at radius 1 is 1.17 bits per heavy atom. The third kappa shape index (κ3) is 3.09. The van der Waals surface area contributed by atoms with Gasteiger partial charge in [0.2, 0.25) is 0 Å². The highest BCUT2D eigenvalue weighted by atomic mass is 32.1. The summed E-state index contributed by atoms with van der Waals surface area (Å²) in [4.78, 5) is 29.3. The number of hydrogen-bond acceptors (Lipinski definition) is 6. The second-order valence-electron chi connectivity index (χ2n) is 5.14. The van der Waals surface area contributed by atoms with E-state index in [-0.39, 0.29) is 5.69 Å². The zero-order valence-corrected chi connectivity index (χ0v) is 14.1. The smallest absolute Gasteiger partial charge is 0.289 e. The van der Waals surface area contributed by atoms with E-state index in [4.69, 9.17) is 8.83 Å². The van der Waals surface area contributed by atoms with Crippen molar-refractivity contribution in [2.75, 3.05) is 0 Å². The van der Waals surface area contributed by atoms with E-state index >= 15 is 0 Å². The van der Waals surface area contributed by atoms with Crippen molar-refractivity contribution in [3.05, 3.63) is 52.1 Å². The molecule has 2 amide bonds. The van der Waals surface area contributed by atoms with Gasteiger partial charge in [-0.15, -0.1) is 11.3 Å². The number of nitrogens with one attached hydrogen (secondary N) is 2. The summed E-state index contributed by atoms with van der Waals surface area (Å²) < 4.78 is 10.6. The van der Waals surface area contributed by atoms with Crippen LogP contribution in [0.2, 0.25) is 0 Å². The third-order valence-corrected chi connectivity index (χ3v) is 4.30. The molecule has 0 saturated carbocycles. The number of hydrazine groups is 1. The fourth-order valence-corrected chi connectivity index (χ4v) is 3.09. The number of amides is 2. The van der Waals surface area contributed by atoms with Gasteiger partial charge in [0.05, 0.1) is 11.8 Å². The summed E-state index contributed by atoms with van der Waals surface area (Å²) in [5, 5.41) is 0.607. The number of carbonyl (C=O) groups is 2. The topological polar surface area (TPSA) is 97.4 Å². The number of aryl methyl sites for hydroxylation is 3. The minimum Gasteiger partial charge on any atom is -0.466 e. The van der Waals surface area contributed by atoms with Gasteiger partial charge in [-0.1, -0.05) is 0 Å². The summed E-state index contributed by atoms with van der Waals surface area (Å²) >= 11 is 1.34. The molecule has 3 heterocycles. The Bertz CT molecular complexity index is 893. The number of carbonyl (C=O) groups excluding carboxylic acids is 2. The highest BCUT2D eigenvalue weighted by molar-refractivity contribution is 7.15. The first kappa shape index (κ1) is 16.0. The molecule has 24 heavy (non-hydrogen) atoms. The Hall–Kier alpha value is -2.87. The molecule has 3 aromatic heterocycles. The number of thiazole rings is 1. The maximum atomic E-state index is 12.2. The van der Waals surface area contributed by atoms with Crippen molar-refractivity contribution >= 4 is 23.2 Å². The van der Waals surface area contributed by atoms with Gasteiger partial charge in [0.25, 0.3) is 11.8 Å². The van der Waals surface area contributed by atoms with Crippen LogP contribution in [0.1, 0.15) is 37.2 Å². The van der Waals surface area contributed by atoms with Crippen molar-refractivity contribution in [3.8, 4) is 10.8 Å². The van der Waals surface area contributed by atoms with E-state index < -0.39 is 11.8 Å². The van der Waals surface area contributed by atoms with Crippen molar-refractivity contribution in [2.45, 2.75) is 20.8 Å². The Kier molecular flexibility index (Phi) is 4.22. The van der Waals surface area contributed by atoms with E-state index in [1.54, 1.807) is 45.2 Å². The van der Waals surface area contributed by atoms with Crippen LogP contribution in [-0.4, -0.2) is 16.8 Å². The summed E-state index contributed by atoms with van der Waals surface area (Å²) in [5.74, 6) is 0.770. The minimum absolute atomic E-state index is 0.242. The van der Waals surface area contributed by atoms with E-state index in [0.29, 0.717) is 27.9 Å². The summed E-state index contributed by atoms with van der Waals surface area (Å²) in [6, 6.07) is 5.13. The quantitative estimate of drug-likeness (QED) is 0.711. The Balaban J connectivity index is 1.69. The molecule has 3 rings (SSSR count). The van der Waals surface area contributed by atoms with Gasteiger partial charge in [-0.3, -0.25) is 20.4 Å². The number of hydrogen-bond donors (Lipinski definition) is 2. The summed E-state index contributed by atoms with van der Waals surface area (Å²) in [5.41, 5.74) is 5.35. The van der Waals surface area contributed by atoms with E-state index in [0.717, 1.165) is 4.88 Å². The lowest BCUT2D eigenvalue weighted by Gasteiger charge is -2.05. The number of aromatic nitrogens is 1. The summed E-state index contributed by atoms with van der Waals surface area (Å²) in [6.45, 7) is 5.21. The first-order chi connectivity index (χ1) is 11.5. The van der Waals surface area contributed by atoms with E-state index in [9.17, 15) is 9.59 Å². The molecule has 7 nitrogen and oxygen atoms in total. The zero-order chi connectivity index (χ0) is 17.3. The van der Waals surface area contributed by atoms with Crippen LogP contribution < -0.4 is 10.9 Å². The average molecular weight is 345 g/mol. The van der Waals surface area contributed by atoms with Crippen LogP contribution in [0.15, 0.2) is 33.3 Å². The van der Waals surface area contributed by atoms with Crippen LogP contribution in [0.25, 0.3) is 10.8 Å². The van der Waals surface area contributed by atoms with Gasteiger partial charge in [0.1, 0.15) is 17.2 Å². The van der Waals surface area contributed by atoms with Crippen molar-refractivity contribution in [1.82, 2.24) is 15.8 Å². The van der Waals surface area contributed by atoms with E-state index in [1.807, 2.05) is 0 Å². The predicted octanol–water partition coefficient (Wildman–Crippen LogP) is 3.00. The molecule has 0 aliphatic carbocycles. The molecule has 3 aromatic rings. The van der Waals surface area contributed by atoms with E-state index in [2.05, 4.69) is 15.8 Å². The second kappa shape index (κ2) is 6.32. The first-order valence-electron chi connectivity index (χ1n) is 7.14. The van der Waals surface area contributed by atoms with Crippen LogP contribution >= 0.6 is 11.3 Å². The van der Waals surface area contributed by atoms with Crippen LogP contribution in [0.3, 0.4) is 0 Å². The fraction of sp³-hybridized carbons (Fsp3) is 0.188. The van der Waals surface area contributed by atoms with E-state index in [1.165, 1.54) is 11.3 Å². The van der Waals surface area contributed by atoms with Crippen molar-refractivity contribution < 1.29 is 18.4 Å². The molecule has 0 spiro atoms. The average Bonchev–Trinajstić information content (AvgIpc) is 3.24. The van der Waals surface area contributed by atoms with Gasteiger partial charge in [-0.25, -0.2) is 4.98 Å². The van der Waals surface area contributed by atoms with Gasteiger partial charge >= 0.3 is 0 Å². The standard InChI is InChI=1S/C16H15N3O4S/c1-8-7-11(9(2)23-8)14(20)18-19-15(21)13-10(3)24-16(17-13)12-5-4-6-22-12/h4-7H,1-3H3,(H,18,20)(H,19,21). The maximum absolute atomic E-state index is 12.2. The second-order valence-corrected chi connectivity index (χ2v) is 6.34. The lowest BCUT2D eigenvalue weighted by molar-refractivity contribution is 0.0843. The molecule has 124 valence electrons. The molecule has 8 heteroatoms. The number of furan rings is 2. The van der Waals surface area contributed by atoms with Crippen molar-refractivity contribution in [3.63, 3.8) is 0 Å². The van der Waals surface area contributed by atoms with Gasteiger partial charge in [-0.2, -0.15) is 0 Å². The molecule has 2 N–H and O–H groups in total. The van der Waals surface area contributed by atoms with Crippen LogP contribution in [0.4, 0.5) is 0 Å². The van der Waals surface area contributed by atoms with Crippen LogP contribution in [0.5, 0.6) is 0 Å². The normalized spacial score (nSPS) is 10.6. The lowest BCUT2D eigenvalue weighted by Crippen LogP contribution is -2.42. The van der Waals surface area contributed by atoms with Crippen molar-refractivity contribution in [1.29, 1.82) is 0 Å².